The van der Waals surface area contributed by atoms with Crippen LogP contribution in [0.25, 0.3) is 0 Å². The van der Waals surface area contributed by atoms with E-state index in [0.29, 0.717) is 29.4 Å². The summed E-state index contributed by atoms with van der Waals surface area (Å²) in [6.45, 7) is 6.99. The highest BCUT2D eigenvalue weighted by Crippen LogP contribution is 2.38. The van der Waals surface area contributed by atoms with E-state index in [-0.39, 0.29) is 17.4 Å². The van der Waals surface area contributed by atoms with Crippen molar-refractivity contribution in [3.05, 3.63) is 47.0 Å². The molecule has 1 amide bonds. The monoisotopic (exact) mass is 399 g/mol. The molecular formula is C23H29NO5. The van der Waals surface area contributed by atoms with Gasteiger partial charge in [-0.2, -0.15) is 0 Å². The van der Waals surface area contributed by atoms with E-state index < -0.39 is 0 Å². The highest BCUT2D eigenvalue weighted by Gasteiger charge is 2.26. The van der Waals surface area contributed by atoms with Crippen molar-refractivity contribution in [2.75, 3.05) is 27.9 Å². The van der Waals surface area contributed by atoms with Gasteiger partial charge in [-0.3, -0.25) is 4.79 Å². The lowest BCUT2D eigenvalue weighted by Crippen LogP contribution is -2.34. The predicted octanol–water partition coefficient (Wildman–Crippen LogP) is 3.74. The van der Waals surface area contributed by atoms with Crippen LogP contribution in [0.2, 0.25) is 0 Å². The topological polar surface area (TPSA) is 66.0 Å². The zero-order valence-electron chi connectivity index (χ0n) is 17.9. The Hall–Kier alpha value is -2.89. The fourth-order valence-electron chi connectivity index (χ4n) is 3.42. The molecule has 0 spiro atoms. The van der Waals surface area contributed by atoms with E-state index in [1.165, 1.54) is 32.5 Å². The quantitative estimate of drug-likeness (QED) is 0.802. The van der Waals surface area contributed by atoms with Gasteiger partial charge < -0.3 is 24.3 Å². The molecule has 0 bridgehead atoms. The van der Waals surface area contributed by atoms with Crippen LogP contribution in [0.3, 0.4) is 0 Å². The third-order valence-corrected chi connectivity index (χ3v) is 5.08. The Morgan fingerprint density at radius 3 is 2.28 bits per heavy atom. The first-order valence-electron chi connectivity index (χ1n) is 9.65. The Balaban J connectivity index is 1.67. The number of benzene rings is 2. The predicted molar refractivity (Wildman–Crippen MR) is 112 cm³/mol. The van der Waals surface area contributed by atoms with Gasteiger partial charge in [-0.25, -0.2) is 0 Å². The number of fused-ring (bicyclic) bond motifs is 1. The van der Waals surface area contributed by atoms with Crippen molar-refractivity contribution < 1.29 is 23.7 Å². The molecule has 6 heteroatoms. The first-order valence-corrected chi connectivity index (χ1v) is 9.65. The van der Waals surface area contributed by atoms with Crippen molar-refractivity contribution >= 4 is 5.91 Å². The van der Waals surface area contributed by atoms with Crippen molar-refractivity contribution in [1.29, 1.82) is 0 Å². The van der Waals surface area contributed by atoms with E-state index in [4.69, 9.17) is 18.9 Å². The number of ether oxygens (including phenoxy) is 4. The van der Waals surface area contributed by atoms with E-state index in [2.05, 4.69) is 38.2 Å². The molecule has 0 radical (unpaired) electrons. The molecular weight excluding hydrogens is 370 g/mol. The fraction of sp³-hybridized carbons (Fsp3) is 0.435. The Kier molecular flexibility index (Phi) is 5.91. The summed E-state index contributed by atoms with van der Waals surface area (Å²) in [6.07, 6.45) is 0.681. The number of nitrogens with one attached hydrogen (secondary N) is 1. The minimum Gasteiger partial charge on any atom is -0.493 e. The lowest BCUT2D eigenvalue weighted by molar-refractivity contribution is 0.0932. The van der Waals surface area contributed by atoms with Crippen LogP contribution < -0.4 is 24.3 Å². The molecule has 0 fully saturated rings. The van der Waals surface area contributed by atoms with Crippen molar-refractivity contribution in [2.24, 2.45) is 0 Å². The molecule has 2 aromatic carbocycles. The van der Waals surface area contributed by atoms with Crippen LogP contribution in [-0.2, 0) is 11.8 Å². The van der Waals surface area contributed by atoms with Crippen LogP contribution in [0.5, 0.6) is 23.0 Å². The van der Waals surface area contributed by atoms with E-state index in [0.717, 1.165) is 12.2 Å². The fourth-order valence-corrected chi connectivity index (χ4v) is 3.42. The van der Waals surface area contributed by atoms with Crippen LogP contribution in [0.4, 0.5) is 0 Å². The second-order valence-corrected chi connectivity index (χ2v) is 8.14. The normalized spacial score (nSPS) is 15.3. The highest BCUT2D eigenvalue weighted by molar-refractivity contribution is 5.95. The summed E-state index contributed by atoms with van der Waals surface area (Å²) >= 11 is 0. The van der Waals surface area contributed by atoms with Crippen LogP contribution in [0.15, 0.2) is 30.3 Å². The lowest BCUT2D eigenvalue weighted by Gasteiger charge is -2.19. The average Bonchev–Trinajstić information content (AvgIpc) is 3.12. The SMILES string of the molecule is COc1cc(C(=O)NC[C@@H]2Cc3cc(C(C)(C)C)ccc3O2)cc(OC)c1OC. The molecule has 0 aromatic heterocycles. The van der Waals surface area contributed by atoms with Gasteiger partial charge in [0.2, 0.25) is 5.75 Å². The second-order valence-electron chi connectivity index (χ2n) is 8.14. The van der Waals surface area contributed by atoms with E-state index in [9.17, 15) is 4.79 Å². The summed E-state index contributed by atoms with van der Waals surface area (Å²) in [6, 6.07) is 9.61. The first-order chi connectivity index (χ1) is 13.8. The molecule has 1 N–H and O–H groups in total. The smallest absolute Gasteiger partial charge is 0.251 e. The van der Waals surface area contributed by atoms with Crippen LogP contribution in [0, 0.1) is 0 Å². The molecule has 0 unspecified atom stereocenters. The average molecular weight is 399 g/mol. The molecule has 2 aromatic rings. The number of methoxy groups -OCH3 is 3. The van der Waals surface area contributed by atoms with E-state index >= 15 is 0 Å². The molecule has 6 nitrogen and oxygen atoms in total. The van der Waals surface area contributed by atoms with Crippen molar-refractivity contribution in [3.8, 4) is 23.0 Å². The zero-order valence-corrected chi connectivity index (χ0v) is 17.9. The Morgan fingerprint density at radius 2 is 1.72 bits per heavy atom. The van der Waals surface area contributed by atoms with Crippen LogP contribution in [0.1, 0.15) is 42.3 Å². The van der Waals surface area contributed by atoms with Gasteiger partial charge >= 0.3 is 0 Å². The number of rotatable bonds is 6. The summed E-state index contributed by atoms with van der Waals surface area (Å²) in [7, 11) is 4.57. The minimum atomic E-state index is -0.223. The molecule has 3 rings (SSSR count). The molecule has 1 heterocycles. The van der Waals surface area contributed by atoms with Gasteiger partial charge in [-0.1, -0.05) is 32.9 Å². The zero-order chi connectivity index (χ0) is 21.2. The van der Waals surface area contributed by atoms with E-state index in [1.54, 1.807) is 12.1 Å². The molecule has 1 atom stereocenters. The largest absolute Gasteiger partial charge is 0.493 e. The third kappa shape index (κ3) is 4.42. The second kappa shape index (κ2) is 8.23. The summed E-state index contributed by atoms with van der Waals surface area (Å²) in [5, 5.41) is 2.94. The van der Waals surface area contributed by atoms with Crippen LogP contribution in [-0.4, -0.2) is 39.9 Å². The summed E-state index contributed by atoms with van der Waals surface area (Å²) in [5.74, 6) is 2.01. The van der Waals surface area contributed by atoms with Crippen molar-refractivity contribution in [1.82, 2.24) is 5.32 Å². The minimum absolute atomic E-state index is 0.0911. The Morgan fingerprint density at radius 1 is 1.07 bits per heavy atom. The maximum absolute atomic E-state index is 12.7. The van der Waals surface area contributed by atoms with Gasteiger partial charge in [0.05, 0.1) is 27.9 Å². The number of hydrogen-bond acceptors (Lipinski definition) is 5. The van der Waals surface area contributed by atoms with Gasteiger partial charge in [0.1, 0.15) is 11.9 Å². The van der Waals surface area contributed by atoms with Crippen molar-refractivity contribution in [3.63, 3.8) is 0 Å². The maximum Gasteiger partial charge on any atom is 0.251 e. The molecule has 0 aliphatic carbocycles. The van der Waals surface area contributed by atoms with Gasteiger partial charge in [0, 0.05) is 12.0 Å². The molecule has 156 valence electrons. The summed E-state index contributed by atoms with van der Waals surface area (Å²) in [5.41, 5.74) is 2.99. The summed E-state index contributed by atoms with van der Waals surface area (Å²) in [4.78, 5) is 12.7. The van der Waals surface area contributed by atoms with Gasteiger partial charge in [0.15, 0.2) is 11.5 Å². The molecule has 1 aliphatic heterocycles. The number of amides is 1. The maximum atomic E-state index is 12.7. The standard InChI is InChI=1S/C23H29NO5/c1-23(2,3)16-7-8-18-14(9-16)10-17(29-18)13-24-22(25)15-11-19(26-4)21(28-6)20(12-15)27-5/h7-9,11-12,17H,10,13H2,1-6H3,(H,24,25)/t17-/m0/s1. The number of carbonyl (C=O) groups excluding carboxylic acids is 1. The summed E-state index contributed by atoms with van der Waals surface area (Å²) < 4.78 is 21.9. The van der Waals surface area contributed by atoms with Gasteiger partial charge in [-0.15, -0.1) is 0 Å². The molecule has 29 heavy (non-hydrogen) atoms. The lowest BCUT2D eigenvalue weighted by atomic mass is 9.86. The van der Waals surface area contributed by atoms with Crippen molar-refractivity contribution in [2.45, 2.75) is 38.7 Å². The molecule has 0 saturated heterocycles. The number of hydrogen-bond donors (Lipinski definition) is 1. The van der Waals surface area contributed by atoms with Gasteiger partial charge in [-0.05, 0) is 34.7 Å². The van der Waals surface area contributed by atoms with E-state index in [1.807, 2.05) is 6.07 Å². The Bertz CT molecular complexity index is 876. The highest BCUT2D eigenvalue weighted by atomic mass is 16.5. The number of carbonyl (C=O) groups is 1. The van der Waals surface area contributed by atoms with Crippen LogP contribution >= 0.6 is 0 Å². The third-order valence-electron chi connectivity index (χ3n) is 5.08. The Labute approximate surface area is 172 Å². The first kappa shape index (κ1) is 20.8. The molecule has 0 saturated carbocycles. The van der Waals surface area contributed by atoms with Gasteiger partial charge in [0.25, 0.3) is 5.91 Å². The molecule has 1 aliphatic rings.